The number of rotatable bonds is 6. The molecule has 1 aliphatic rings. The molecule has 1 saturated heterocycles. The van der Waals surface area contributed by atoms with E-state index in [-0.39, 0.29) is 17.9 Å². The van der Waals surface area contributed by atoms with E-state index in [4.69, 9.17) is 9.47 Å². The van der Waals surface area contributed by atoms with E-state index in [9.17, 15) is 4.79 Å². The largest absolute Gasteiger partial charge is 0.453 e. The third-order valence-electron chi connectivity index (χ3n) is 5.10. The molecule has 0 saturated carbocycles. The Morgan fingerprint density at radius 3 is 2.87 bits per heavy atom. The van der Waals surface area contributed by atoms with Gasteiger partial charge in [-0.15, -0.1) is 0 Å². The molecule has 0 N–H and O–H groups in total. The highest BCUT2D eigenvalue weighted by Crippen LogP contribution is 2.35. The molecule has 2 heterocycles. The standard InChI is InChI=1S/C18H30N2O3/c1-6-14(2)12-16-20(17(21)22-5)18(3,13-23-16)10-9-15-8-7-11-19(15)4/h7-8,11,14,16H,6,9-10,12-13H2,1-5H3/t14?,16-,18-/m1/s1. The lowest BCUT2D eigenvalue weighted by Crippen LogP contribution is -2.50. The Kier molecular flexibility index (Phi) is 5.74. The van der Waals surface area contributed by atoms with E-state index < -0.39 is 0 Å². The first-order valence-electron chi connectivity index (χ1n) is 8.50. The van der Waals surface area contributed by atoms with Gasteiger partial charge in [0.1, 0.15) is 6.23 Å². The van der Waals surface area contributed by atoms with Gasteiger partial charge in [0.25, 0.3) is 0 Å². The van der Waals surface area contributed by atoms with E-state index >= 15 is 0 Å². The van der Waals surface area contributed by atoms with Crippen molar-refractivity contribution in [3.63, 3.8) is 0 Å². The van der Waals surface area contributed by atoms with Gasteiger partial charge in [-0.05, 0) is 44.2 Å². The molecule has 5 heteroatoms. The van der Waals surface area contributed by atoms with Crippen molar-refractivity contribution in [2.45, 2.75) is 58.2 Å². The summed E-state index contributed by atoms with van der Waals surface area (Å²) in [5.74, 6) is 0.516. The van der Waals surface area contributed by atoms with Gasteiger partial charge in [0.05, 0.1) is 19.3 Å². The molecule has 1 fully saturated rings. The summed E-state index contributed by atoms with van der Waals surface area (Å²) in [6.07, 6.45) is 5.28. The molecule has 0 aromatic carbocycles. The van der Waals surface area contributed by atoms with Gasteiger partial charge in [-0.25, -0.2) is 4.79 Å². The first-order valence-corrected chi connectivity index (χ1v) is 8.50. The fourth-order valence-electron chi connectivity index (χ4n) is 3.23. The third kappa shape index (κ3) is 3.89. The van der Waals surface area contributed by atoms with Crippen LogP contribution in [0.4, 0.5) is 4.79 Å². The van der Waals surface area contributed by atoms with Gasteiger partial charge in [-0.1, -0.05) is 20.3 Å². The summed E-state index contributed by atoms with van der Waals surface area (Å²) in [4.78, 5) is 14.2. The number of carbonyl (C=O) groups excluding carboxylic acids is 1. The number of nitrogens with zero attached hydrogens (tertiary/aromatic N) is 2. The van der Waals surface area contributed by atoms with Crippen molar-refractivity contribution in [1.29, 1.82) is 0 Å². The monoisotopic (exact) mass is 322 g/mol. The molecular weight excluding hydrogens is 292 g/mol. The third-order valence-corrected chi connectivity index (χ3v) is 5.10. The molecule has 0 bridgehead atoms. The van der Waals surface area contributed by atoms with Crippen LogP contribution in [0.1, 0.15) is 45.7 Å². The second-order valence-electron chi connectivity index (χ2n) is 6.96. The average molecular weight is 322 g/mol. The molecule has 1 aliphatic heterocycles. The smallest absolute Gasteiger partial charge is 0.412 e. The fraction of sp³-hybridized carbons (Fsp3) is 0.722. The van der Waals surface area contributed by atoms with Crippen LogP contribution in [0.3, 0.4) is 0 Å². The topological polar surface area (TPSA) is 43.7 Å². The van der Waals surface area contributed by atoms with Gasteiger partial charge in [0.2, 0.25) is 0 Å². The second kappa shape index (κ2) is 7.39. The number of amides is 1. The maximum atomic E-state index is 12.4. The molecule has 3 atom stereocenters. The maximum absolute atomic E-state index is 12.4. The second-order valence-corrected chi connectivity index (χ2v) is 6.96. The van der Waals surface area contributed by atoms with Gasteiger partial charge in [-0.3, -0.25) is 4.90 Å². The van der Waals surface area contributed by atoms with Crippen molar-refractivity contribution < 1.29 is 14.3 Å². The van der Waals surface area contributed by atoms with Gasteiger partial charge >= 0.3 is 6.09 Å². The maximum Gasteiger partial charge on any atom is 0.412 e. The number of hydrogen-bond acceptors (Lipinski definition) is 3. The quantitative estimate of drug-likeness (QED) is 0.804. The van der Waals surface area contributed by atoms with Crippen molar-refractivity contribution in [3.05, 3.63) is 24.0 Å². The Bertz CT molecular complexity index is 528. The summed E-state index contributed by atoms with van der Waals surface area (Å²) in [5.41, 5.74) is 0.941. The number of aryl methyl sites for hydroxylation is 2. The number of ether oxygens (including phenoxy) is 2. The summed E-state index contributed by atoms with van der Waals surface area (Å²) in [7, 11) is 3.49. The summed E-state index contributed by atoms with van der Waals surface area (Å²) < 4.78 is 13.2. The van der Waals surface area contributed by atoms with Crippen LogP contribution in [0, 0.1) is 5.92 Å². The molecule has 130 valence electrons. The van der Waals surface area contributed by atoms with Gasteiger partial charge in [0, 0.05) is 18.9 Å². The summed E-state index contributed by atoms with van der Waals surface area (Å²) in [6, 6.07) is 4.17. The van der Waals surface area contributed by atoms with E-state index in [0.717, 1.165) is 25.7 Å². The van der Waals surface area contributed by atoms with Crippen LogP contribution in [-0.2, 0) is 22.9 Å². The zero-order chi connectivity index (χ0) is 17.0. The first kappa shape index (κ1) is 17.9. The van der Waals surface area contributed by atoms with Crippen LogP contribution in [0.15, 0.2) is 18.3 Å². The molecule has 0 spiro atoms. The minimum atomic E-state index is -0.324. The van der Waals surface area contributed by atoms with Crippen molar-refractivity contribution in [3.8, 4) is 0 Å². The van der Waals surface area contributed by atoms with Crippen LogP contribution in [0.5, 0.6) is 0 Å². The molecule has 2 rings (SSSR count). The molecule has 1 aromatic heterocycles. The molecule has 1 amide bonds. The van der Waals surface area contributed by atoms with Gasteiger partial charge < -0.3 is 14.0 Å². The summed E-state index contributed by atoms with van der Waals surface area (Å²) in [5, 5.41) is 0. The summed E-state index contributed by atoms with van der Waals surface area (Å²) in [6.45, 7) is 7.02. The minimum absolute atomic E-state index is 0.184. The van der Waals surface area contributed by atoms with Crippen LogP contribution in [-0.4, -0.2) is 41.0 Å². The molecular formula is C18H30N2O3. The van der Waals surface area contributed by atoms with E-state index in [1.54, 1.807) is 0 Å². The number of carbonyl (C=O) groups is 1. The highest BCUT2D eigenvalue weighted by Gasteiger charge is 2.47. The zero-order valence-electron chi connectivity index (χ0n) is 15.0. The van der Waals surface area contributed by atoms with Crippen molar-refractivity contribution in [1.82, 2.24) is 9.47 Å². The Labute approximate surface area is 139 Å². The highest BCUT2D eigenvalue weighted by atomic mass is 16.6. The molecule has 1 unspecified atom stereocenters. The molecule has 23 heavy (non-hydrogen) atoms. The highest BCUT2D eigenvalue weighted by molar-refractivity contribution is 5.69. The lowest BCUT2D eigenvalue weighted by molar-refractivity contribution is 0.00671. The lowest BCUT2D eigenvalue weighted by Gasteiger charge is -2.35. The number of aromatic nitrogens is 1. The normalized spacial score (nSPS) is 25.6. The fourth-order valence-corrected chi connectivity index (χ4v) is 3.23. The van der Waals surface area contributed by atoms with E-state index in [1.165, 1.54) is 12.8 Å². The Balaban J connectivity index is 2.11. The van der Waals surface area contributed by atoms with Crippen LogP contribution < -0.4 is 0 Å². The molecule has 5 nitrogen and oxygen atoms in total. The predicted octanol–water partition coefficient (Wildman–Crippen LogP) is 3.58. The van der Waals surface area contributed by atoms with Gasteiger partial charge in [-0.2, -0.15) is 0 Å². The first-order chi connectivity index (χ1) is 10.9. The number of hydrogen-bond donors (Lipinski definition) is 0. The zero-order valence-corrected chi connectivity index (χ0v) is 15.0. The van der Waals surface area contributed by atoms with E-state index in [0.29, 0.717) is 12.5 Å². The predicted molar refractivity (Wildman–Crippen MR) is 90.2 cm³/mol. The van der Waals surface area contributed by atoms with Crippen molar-refractivity contribution in [2.75, 3.05) is 13.7 Å². The Hall–Kier alpha value is -1.49. The van der Waals surface area contributed by atoms with Crippen molar-refractivity contribution in [2.24, 2.45) is 13.0 Å². The van der Waals surface area contributed by atoms with Crippen LogP contribution >= 0.6 is 0 Å². The lowest BCUT2D eigenvalue weighted by atomic mass is 9.94. The molecule has 0 aliphatic carbocycles. The van der Waals surface area contributed by atoms with Crippen LogP contribution in [0.2, 0.25) is 0 Å². The molecule has 1 aromatic rings. The van der Waals surface area contributed by atoms with Crippen LogP contribution in [0.25, 0.3) is 0 Å². The Morgan fingerprint density at radius 1 is 1.57 bits per heavy atom. The van der Waals surface area contributed by atoms with E-state index in [2.05, 4.69) is 31.4 Å². The minimum Gasteiger partial charge on any atom is -0.453 e. The van der Waals surface area contributed by atoms with Gasteiger partial charge in [0.15, 0.2) is 0 Å². The SMILES string of the molecule is CCC(C)C[C@H]1OC[C@@](C)(CCc2cccn2C)N1C(=O)OC. The summed E-state index contributed by atoms with van der Waals surface area (Å²) >= 11 is 0. The van der Waals surface area contributed by atoms with E-state index in [1.807, 2.05) is 24.2 Å². The Morgan fingerprint density at radius 2 is 2.30 bits per heavy atom. The molecule has 0 radical (unpaired) electrons. The number of methoxy groups -OCH3 is 1. The van der Waals surface area contributed by atoms with Crippen molar-refractivity contribution >= 4 is 6.09 Å². The average Bonchev–Trinajstić information content (AvgIpc) is 3.08.